The Kier molecular flexibility index (Phi) is 5.27. The third-order valence-electron chi connectivity index (χ3n) is 2.82. The Morgan fingerprint density at radius 2 is 2.24 bits per heavy atom. The largest absolute Gasteiger partial charge is 0.495 e. The summed E-state index contributed by atoms with van der Waals surface area (Å²) in [4.78, 5) is 2.01. The van der Waals surface area contributed by atoms with Gasteiger partial charge in [0, 0.05) is 6.54 Å². The van der Waals surface area contributed by atoms with Crippen LogP contribution in [0.2, 0.25) is 5.02 Å². The van der Waals surface area contributed by atoms with Crippen molar-refractivity contribution in [2.45, 2.75) is 19.4 Å². The van der Waals surface area contributed by atoms with E-state index >= 15 is 0 Å². The normalized spacial score (nSPS) is 12.2. The second-order valence-electron chi connectivity index (χ2n) is 4.00. The number of hydrogen-bond acceptors (Lipinski definition) is 3. The van der Waals surface area contributed by atoms with Gasteiger partial charge in [-0.25, -0.2) is 0 Å². The van der Waals surface area contributed by atoms with E-state index in [9.17, 15) is 0 Å². The van der Waals surface area contributed by atoms with Crippen LogP contribution in [0.4, 0.5) is 0 Å². The number of nitrogens with zero attached hydrogens (tertiary/aromatic N) is 2. The average molecular weight is 253 g/mol. The van der Waals surface area contributed by atoms with Crippen molar-refractivity contribution in [1.82, 2.24) is 4.90 Å². The molecule has 1 rings (SSSR count). The maximum absolute atomic E-state index is 8.79. The van der Waals surface area contributed by atoms with E-state index in [1.54, 1.807) is 7.11 Å². The standard InChI is InChI=1S/C13H17ClN2O/c1-10(9-15)16(2)7-6-11-4-5-13(17-3)12(14)8-11/h4-5,8,10H,6-7H2,1-3H3. The molecule has 17 heavy (non-hydrogen) atoms. The van der Waals surface area contributed by atoms with E-state index in [1.165, 1.54) is 0 Å². The number of likely N-dealkylation sites (N-methyl/N-ethyl adjacent to an activating group) is 1. The van der Waals surface area contributed by atoms with Gasteiger partial charge in [0.2, 0.25) is 0 Å². The third kappa shape index (κ3) is 3.92. The lowest BCUT2D eigenvalue weighted by Gasteiger charge is -2.18. The summed E-state index contributed by atoms with van der Waals surface area (Å²) in [7, 11) is 3.54. The van der Waals surface area contributed by atoms with E-state index in [4.69, 9.17) is 21.6 Å². The molecule has 0 bridgehead atoms. The van der Waals surface area contributed by atoms with E-state index in [2.05, 4.69) is 6.07 Å². The summed E-state index contributed by atoms with van der Waals surface area (Å²) in [5.41, 5.74) is 1.15. The van der Waals surface area contributed by atoms with E-state index in [0.29, 0.717) is 10.8 Å². The molecule has 92 valence electrons. The smallest absolute Gasteiger partial charge is 0.137 e. The first kappa shape index (κ1) is 13.8. The molecule has 0 saturated heterocycles. The molecule has 1 aromatic rings. The van der Waals surface area contributed by atoms with Crippen LogP contribution in [0, 0.1) is 11.3 Å². The highest BCUT2D eigenvalue weighted by Gasteiger charge is 2.08. The van der Waals surface area contributed by atoms with Gasteiger partial charge in [0.1, 0.15) is 5.75 Å². The Balaban J connectivity index is 2.59. The second kappa shape index (κ2) is 6.48. The minimum Gasteiger partial charge on any atom is -0.495 e. The molecule has 0 aliphatic rings. The van der Waals surface area contributed by atoms with Crippen LogP contribution in [0.3, 0.4) is 0 Å². The van der Waals surface area contributed by atoms with Crippen molar-refractivity contribution < 1.29 is 4.74 Å². The summed E-state index contributed by atoms with van der Waals surface area (Å²) in [6.45, 7) is 2.72. The van der Waals surface area contributed by atoms with Gasteiger partial charge in [-0.2, -0.15) is 5.26 Å². The van der Waals surface area contributed by atoms with E-state index in [0.717, 1.165) is 18.5 Å². The highest BCUT2D eigenvalue weighted by atomic mass is 35.5. The van der Waals surface area contributed by atoms with E-state index in [1.807, 2.05) is 37.1 Å². The van der Waals surface area contributed by atoms with Gasteiger partial charge < -0.3 is 4.74 Å². The Bertz CT molecular complexity index is 414. The molecule has 0 aliphatic carbocycles. The molecule has 0 aromatic heterocycles. The van der Waals surface area contributed by atoms with Crippen LogP contribution < -0.4 is 4.74 Å². The number of benzene rings is 1. The minimum absolute atomic E-state index is 0.0660. The Labute approximate surface area is 108 Å². The topological polar surface area (TPSA) is 36.3 Å². The number of methoxy groups -OCH3 is 1. The van der Waals surface area contributed by atoms with Gasteiger partial charge >= 0.3 is 0 Å². The molecule has 4 heteroatoms. The van der Waals surface area contributed by atoms with Crippen LogP contribution in [0.15, 0.2) is 18.2 Å². The molecule has 0 N–H and O–H groups in total. The van der Waals surface area contributed by atoms with Crippen LogP contribution in [-0.4, -0.2) is 31.6 Å². The van der Waals surface area contributed by atoms with Gasteiger partial charge in [-0.05, 0) is 38.1 Å². The molecule has 3 nitrogen and oxygen atoms in total. The lowest BCUT2D eigenvalue weighted by molar-refractivity contribution is 0.306. The Morgan fingerprint density at radius 1 is 1.53 bits per heavy atom. The van der Waals surface area contributed by atoms with Crippen LogP contribution in [-0.2, 0) is 6.42 Å². The van der Waals surface area contributed by atoms with Crippen molar-refractivity contribution in [2.75, 3.05) is 20.7 Å². The molecular weight excluding hydrogens is 236 g/mol. The summed E-state index contributed by atoms with van der Waals surface area (Å²) in [6.07, 6.45) is 0.867. The predicted molar refractivity (Wildman–Crippen MR) is 69.4 cm³/mol. The van der Waals surface area contributed by atoms with Crippen molar-refractivity contribution in [3.63, 3.8) is 0 Å². The molecule has 0 aliphatic heterocycles. The first-order chi connectivity index (χ1) is 8.08. The van der Waals surface area contributed by atoms with Crippen molar-refractivity contribution in [1.29, 1.82) is 5.26 Å². The van der Waals surface area contributed by atoms with Gasteiger partial charge in [0.05, 0.1) is 24.2 Å². The van der Waals surface area contributed by atoms with Gasteiger partial charge in [0.25, 0.3) is 0 Å². The van der Waals surface area contributed by atoms with Crippen molar-refractivity contribution in [2.24, 2.45) is 0 Å². The predicted octanol–water partition coefficient (Wildman–Crippen LogP) is 2.73. The fourth-order valence-electron chi connectivity index (χ4n) is 1.46. The minimum atomic E-state index is -0.0660. The highest BCUT2D eigenvalue weighted by Crippen LogP contribution is 2.25. The molecule has 0 saturated carbocycles. The van der Waals surface area contributed by atoms with Gasteiger partial charge in [-0.1, -0.05) is 17.7 Å². The Morgan fingerprint density at radius 3 is 2.76 bits per heavy atom. The molecule has 0 fully saturated rings. The lowest BCUT2D eigenvalue weighted by atomic mass is 10.1. The molecular formula is C13H17ClN2O. The number of halogens is 1. The average Bonchev–Trinajstić information content (AvgIpc) is 2.35. The molecule has 0 amide bonds. The number of rotatable bonds is 5. The third-order valence-corrected chi connectivity index (χ3v) is 3.11. The fraction of sp³-hybridized carbons (Fsp3) is 0.462. The zero-order valence-electron chi connectivity index (χ0n) is 10.4. The summed E-state index contributed by atoms with van der Waals surface area (Å²) >= 11 is 6.04. The SMILES string of the molecule is COc1ccc(CCN(C)C(C)C#N)cc1Cl. The molecule has 0 radical (unpaired) electrons. The number of ether oxygens (including phenoxy) is 1. The van der Waals surface area contributed by atoms with E-state index < -0.39 is 0 Å². The highest BCUT2D eigenvalue weighted by molar-refractivity contribution is 6.32. The zero-order valence-corrected chi connectivity index (χ0v) is 11.2. The van der Waals surface area contributed by atoms with Crippen molar-refractivity contribution in [3.05, 3.63) is 28.8 Å². The van der Waals surface area contributed by atoms with Crippen LogP contribution in [0.5, 0.6) is 5.75 Å². The summed E-state index contributed by atoms with van der Waals surface area (Å²) in [5, 5.41) is 9.41. The summed E-state index contributed by atoms with van der Waals surface area (Å²) < 4.78 is 5.10. The summed E-state index contributed by atoms with van der Waals surface area (Å²) in [6, 6.07) is 7.91. The Hall–Kier alpha value is -1.24. The van der Waals surface area contributed by atoms with Crippen LogP contribution >= 0.6 is 11.6 Å². The van der Waals surface area contributed by atoms with Crippen molar-refractivity contribution in [3.8, 4) is 11.8 Å². The molecule has 0 heterocycles. The first-order valence-electron chi connectivity index (χ1n) is 5.50. The maximum Gasteiger partial charge on any atom is 0.137 e. The fourth-order valence-corrected chi connectivity index (χ4v) is 1.74. The summed E-state index contributed by atoms with van der Waals surface area (Å²) in [5.74, 6) is 0.689. The second-order valence-corrected chi connectivity index (χ2v) is 4.41. The van der Waals surface area contributed by atoms with Crippen LogP contribution in [0.1, 0.15) is 12.5 Å². The zero-order chi connectivity index (χ0) is 12.8. The number of hydrogen-bond donors (Lipinski definition) is 0. The van der Waals surface area contributed by atoms with Crippen molar-refractivity contribution >= 4 is 11.6 Å². The van der Waals surface area contributed by atoms with E-state index in [-0.39, 0.29) is 6.04 Å². The van der Waals surface area contributed by atoms with Crippen LogP contribution in [0.25, 0.3) is 0 Å². The molecule has 1 aromatic carbocycles. The monoisotopic (exact) mass is 252 g/mol. The molecule has 1 atom stereocenters. The van der Waals surface area contributed by atoms with Gasteiger partial charge in [-0.3, -0.25) is 4.90 Å². The van der Waals surface area contributed by atoms with Gasteiger partial charge in [-0.15, -0.1) is 0 Å². The molecule has 1 unspecified atom stereocenters. The lowest BCUT2D eigenvalue weighted by Crippen LogP contribution is -2.29. The molecule has 0 spiro atoms. The quantitative estimate of drug-likeness (QED) is 0.809. The number of nitriles is 1. The maximum atomic E-state index is 8.79. The first-order valence-corrected chi connectivity index (χ1v) is 5.88. The van der Waals surface area contributed by atoms with Gasteiger partial charge in [0.15, 0.2) is 0 Å².